The number of halogens is 1. The van der Waals surface area contributed by atoms with Gasteiger partial charge in [0.2, 0.25) is 0 Å². The van der Waals surface area contributed by atoms with Crippen LogP contribution in [-0.4, -0.2) is 39.5 Å². The third-order valence-corrected chi connectivity index (χ3v) is 6.90. The summed E-state index contributed by atoms with van der Waals surface area (Å²) in [7, 11) is 3.10. The molecule has 0 aliphatic heterocycles. The van der Waals surface area contributed by atoms with Crippen molar-refractivity contribution in [3.63, 3.8) is 0 Å². The number of pyridine rings is 2. The van der Waals surface area contributed by atoms with Crippen LogP contribution in [0, 0.1) is 5.82 Å². The number of aromatic nitrogens is 4. The van der Waals surface area contributed by atoms with Gasteiger partial charge in [-0.2, -0.15) is 0 Å². The summed E-state index contributed by atoms with van der Waals surface area (Å²) in [4.78, 5) is 39.6. The number of rotatable bonds is 9. The maximum absolute atomic E-state index is 13.5. The fourth-order valence-corrected chi connectivity index (χ4v) is 4.60. The van der Waals surface area contributed by atoms with E-state index in [0.717, 1.165) is 12.8 Å². The SMILES string of the molecule is COc1cc2nccc(Oc3cnc(CC(=O)c4cn(C5CC5)cc(-c5ccc(F)cc5)c4=O)nc3)c2cc1OC. The van der Waals surface area contributed by atoms with Crippen molar-refractivity contribution in [3.8, 4) is 34.1 Å². The Balaban J connectivity index is 1.24. The van der Waals surface area contributed by atoms with Gasteiger partial charge in [0.25, 0.3) is 0 Å². The second-order valence-electron chi connectivity index (χ2n) is 9.67. The number of fused-ring (bicyclic) bond motifs is 1. The molecule has 3 heterocycles. The fourth-order valence-electron chi connectivity index (χ4n) is 4.60. The Bertz CT molecular complexity index is 1820. The molecular weight excluding hydrogens is 527 g/mol. The lowest BCUT2D eigenvalue weighted by atomic mass is 10.0. The van der Waals surface area contributed by atoms with Crippen molar-refractivity contribution in [1.82, 2.24) is 19.5 Å². The summed E-state index contributed by atoms with van der Waals surface area (Å²) in [6.07, 6.45) is 9.67. The summed E-state index contributed by atoms with van der Waals surface area (Å²) in [6.45, 7) is 0. The van der Waals surface area contributed by atoms with Gasteiger partial charge >= 0.3 is 0 Å². The number of hydrogen-bond acceptors (Lipinski definition) is 8. The number of hydrogen-bond donors (Lipinski definition) is 0. The van der Waals surface area contributed by atoms with E-state index in [9.17, 15) is 14.0 Å². The number of nitrogens with zero attached hydrogens (tertiary/aromatic N) is 4. The van der Waals surface area contributed by atoms with Crippen molar-refractivity contribution in [2.24, 2.45) is 0 Å². The van der Waals surface area contributed by atoms with E-state index in [1.54, 1.807) is 51.0 Å². The normalized spacial score (nSPS) is 12.8. The summed E-state index contributed by atoms with van der Waals surface area (Å²) >= 11 is 0. The van der Waals surface area contributed by atoms with Gasteiger partial charge in [-0.1, -0.05) is 12.1 Å². The van der Waals surface area contributed by atoms with Crippen LogP contribution < -0.4 is 19.6 Å². The number of carbonyl (C=O) groups excluding carboxylic acids is 1. The first-order valence-corrected chi connectivity index (χ1v) is 13.0. The Labute approximate surface area is 234 Å². The smallest absolute Gasteiger partial charge is 0.200 e. The lowest BCUT2D eigenvalue weighted by molar-refractivity contribution is 0.0989. The maximum Gasteiger partial charge on any atom is 0.200 e. The van der Waals surface area contributed by atoms with E-state index in [4.69, 9.17) is 14.2 Å². The molecule has 206 valence electrons. The van der Waals surface area contributed by atoms with Crippen LogP contribution >= 0.6 is 0 Å². The van der Waals surface area contributed by atoms with Crippen molar-refractivity contribution in [2.45, 2.75) is 25.3 Å². The van der Waals surface area contributed by atoms with Crippen LogP contribution in [0.5, 0.6) is 23.0 Å². The molecule has 5 aromatic rings. The highest BCUT2D eigenvalue weighted by atomic mass is 19.1. The minimum Gasteiger partial charge on any atom is -0.493 e. The summed E-state index contributed by atoms with van der Waals surface area (Å²) < 4.78 is 32.2. The van der Waals surface area contributed by atoms with E-state index >= 15 is 0 Å². The van der Waals surface area contributed by atoms with Crippen LogP contribution in [0.25, 0.3) is 22.0 Å². The van der Waals surface area contributed by atoms with Gasteiger partial charge in [0.1, 0.15) is 17.4 Å². The molecule has 3 aromatic heterocycles. The van der Waals surface area contributed by atoms with Gasteiger partial charge in [0.05, 0.1) is 44.1 Å². The molecule has 0 N–H and O–H groups in total. The fraction of sp³-hybridized carbons (Fsp3) is 0.194. The Morgan fingerprint density at radius 2 is 1.66 bits per heavy atom. The van der Waals surface area contributed by atoms with E-state index < -0.39 is 17.0 Å². The van der Waals surface area contributed by atoms with Gasteiger partial charge in [-0.25, -0.2) is 14.4 Å². The van der Waals surface area contributed by atoms with E-state index in [-0.39, 0.29) is 23.9 Å². The van der Waals surface area contributed by atoms with Crippen LogP contribution in [0.2, 0.25) is 0 Å². The quantitative estimate of drug-likeness (QED) is 0.219. The first-order valence-electron chi connectivity index (χ1n) is 13.0. The van der Waals surface area contributed by atoms with Crippen molar-refractivity contribution in [3.05, 3.63) is 101 Å². The molecule has 0 saturated heterocycles. The molecule has 0 amide bonds. The minimum absolute atomic E-state index is 0.0512. The molecule has 1 aliphatic carbocycles. The van der Waals surface area contributed by atoms with Crippen molar-refractivity contribution in [2.75, 3.05) is 14.2 Å². The molecule has 1 aliphatic rings. The molecule has 0 radical (unpaired) electrons. The predicted octanol–water partition coefficient (Wildman–Crippen LogP) is 5.56. The van der Waals surface area contributed by atoms with E-state index in [0.29, 0.717) is 45.0 Å². The summed E-state index contributed by atoms with van der Waals surface area (Å²) in [6, 6.07) is 11.2. The summed E-state index contributed by atoms with van der Waals surface area (Å²) in [5.41, 5.74) is 1.21. The van der Waals surface area contributed by atoms with Crippen LogP contribution in [0.4, 0.5) is 4.39 Å². The first kappa shape index (κ1) is 26.1. The maximum atomic E-state index is 13.5. The highest BCUT2D eigenvalue weighted by Crippen LogP contribution is 2.37. The number of carbonyl (C=O) groups is 1. The Morgan fingerprint density at radius 3 is 2.34 bits per heavy atom. The lowest BCUT2D eigenvalue weighted by Crippen LogP contribution is -2.21. The van der Waals surface area contributed by atoms with Crippen molar-refractivity contribution >= 4 is 16.7 Å². The molecule has 0 atom stereocenters. The van der Waals surface area contributed by atoms with Crippen molar-refractivity contribution in [1.29, 1.82) is 0 Å². The molecule has 0 spiro atoms. The van der Waals surface area contributed by atoms with Crippen LogP contribution in [-0.2, 0) is 6.42 Å². The van der Waals surface area contributed by atoms with E-state index in [1.165, 1.54) is 36.7 Å². The van der Waals surface area contributed by atoms with Gasteiger partial charge in [-0.3, -0.25) is 14.6 Å². The minimum atomic E-state index is -0.407. The monoisotopic (exact) mass is 552 g/mol. The highest BCUT2D eigenvalue weighted by molar-refractivity contribution is 5.97. The first-order chi connectivity index (χ1) is 19.9. The summed E-state index contributed by atoms with van der Waals surface area (Å²) in [5.74, 6) is 1.41. The third-order valence-electron chi connectivity index (χ3n) is 6.90. The number of methoxy groups -OCH3 is 2. The molecule has 1 fully saturated rings. The topological polar surface area (TPSA) is 105 Å². The van der Waals surface area contributed by atoms with Crippen LogP contribution in [0.3, 0.4) is 0 Å². The molecular formula is C31H25FN4O5. The van der Waals surface area contributed by atoms with E-state index in [1.807, 2.05) is 4.57 Å². The van der Waals surface area contributed by atoms with Gasteiger partial charge in [-0.15, -0.1) is 0 Å². The number of ether oxygens (including phenoxy) is 3. The number of ketones is 1. The average Bonchev–Trinajstić information content (AvgIpc) is 3.84. The Kier molecular flexibility index (Phi) is 6.88. The second-order valence-corrected chi connectivity index (χ2v) is 9.67. The third kappa shape index (κ3) is 5.36. The molecule has 9 nitrogen and oxygen atoms in total. The highest BCUT2D eigenvalue weighted by Gasteiger charge is 2.26. The number of Topliss-reactive ketones (excluding diaryl/α,β-unsaturated/α-hetero) is 1. The Hall–Kier alpha value is -5.12. The average molecular weight is 553 g/mol. The molecule has 1 saturated carbocycles. The molecule has 41 heavy (non-hydrogen) atoms. The zero-order chi connectivity index (χ0) is 28.5. The predicted molar refractivity (Wildman–Crippen MR) is 149 cm³/mol. The zero-order valence-electron chi connectivity index (χ0n) is 22.3. The Morgan fingerprint density at radius 1 is 0.951 bits per heavy atom. The molecule has 2 aromatic carbocycles. The lowest BCUT2D eigenvalue weighted by Gasteiger charge is -2.12. The van der Waals surface area contributed by atoms with Crippen LogP contribution in [0.1, 0.15) is 35.1 Å². The summed E-state index contributed by atoms with van der Waals surface area (Å²) in [5, 5.41) is 0.706. The van der Waals surface area contributed by atoms with Gasteiger partial charge in [0.15, 0.2) is 28.5 Å². The largest absolute Gasteiger partial charge is 0.493 e. The van der Waals surface area contributed by atoms with Gasteiger partial charge in [0, 0.05) is 41.6 Å². The van der Waals surface area contributed by atoms with Crippen molar-refractivity contribution < 1.29 is 23.4 Å². The van der Waals surface area contributed by atoms with Gasteiger partial charge in [-0.05, 0) is 42.7 Å². The molecule has 6 rings (SSSR count). The second kappa shape index (κ2) is 10.8. The van der Waals surface area contributed by atoms with E-state index in [2.05, 4.69) is 15.0 Å². The van der Waals surface area contributed by atoms with Gasteiger partial charge < -0.3 is 18.8 Å². The zero-order valence-corrected chi connectivity index (χ0v) is 22.3. The molecule has 10 heteroatoms. The standard InChI is InChI=1S/C31H25FN4O5/c1-39-28-11-22-25(12-29(28)40-2)33-10-9-27(22)41-21-14-34-30(35-15-21)13-26(37)24-17-36(20-7-8-20)16-23(31(24)38)18-3-5-19(32)6-4-18/h3-6,9-12,14-17,20H,7-8,13H2,1-2H3. The van der Waals surface area contributed by atoms with Crippen LogP contribution in [0.15, 0.2) is 78.2 Å². The number of benzene rings is 2. The molecule has 0 bridgehead atoms. The molecule has 0 unspecified atom stereocenters.